The molecule has 0 aromatic heterocycles. The average Bonchev–Trinajstić information content (AvgIpc) is 3.20. The summed E-state index contributed by atoms with van der Waals surface area (Å²) < 4.78 is 17.0. The summed E-state index contributed by atoms with van der Waals surface area (Å²) in [5.41, 5.74) is 2.73. The third-order valence-corrected chi connectivity index (χ3v) is 6.69. The number of nitrogens with one attached hydrogen (secondary N) is 1. The molecule has 1 saturated heterocycles. The molecule has 5 rings (SSSR count). The maximum absolute atomic E-state index is 5.97. The molecule has 1 unspecified atom stereocenters. The van der Waals surface area contributed by atoms with E-state index in [1.807, 2.05) is 19.2 Å². The van der Waals surface area contributed by atoms with Crippen molar-refractivity contribution in [1.29, 1.82) is 0 Å². The van der Waals surface area contributed by atoms with Gasteiger partial charge in [0.1, 0.15) is 0 Å². The van der Waals surface area contributed by atoms with Crippen LogP contribution in [0.3, 0.4) is 0 Å². The van der Waals surface area contributed by atoms with E-state index in [9.17, 15) is 0 Å². The van der Waals surface area contributed by atoms with Gasteiger partial charge < -0.3 is 24.4 Å². The van der Waals surface area contributed by atoms with E-state index in [1.165, 1.54) is 24.0 Å². The number of likely N-dealkylation sites (tertiary alicyclic amines) is 1. The summed E-state index contributed by atoms with van der Waals surface area (Å²) in [5, 5.41) is 3.65. The highest BCUT2D eigenvalue weighted by Crippen LogP contribution is 2.50. The Hall–Kier alpha value is -2.73. The summed E-state index contributed by atoms with van der Waals surface area (Å²) in [7, 11) is 1.88. The van der Waals surface area contributed by atoms with Crippen LogP contribution in [0.4, 0.5) is 0 Å². The molecule has 6 nitrogen and oxygen atoms in total. The van der Waals surface area contributed by atoms with Gasteiger partial charge in [0, 0.05) is 38.0 Å². The fourth-order valence-corrected chi connectivity index (χ4v) is 4.60. The van der Waals surface area contributed by atoms with Gasteiger partial charge >= 0.3 is 0 Å². The first-order chi connectivity index (χ1) is 15.3. The largest absolute Gasteiger partial charge is 0.454 e. The number of benzene rings is 2. The van der Waals surface area contributed by atoms with Crippen LogP contribution >= 0.6 is 0 Å². The molecule has 2 aliphatic heterocycles. The minimum absolute atomic E-state index is 0.175. The number of fused-ring (bicyclic) bond motifs is 1. The van der Waals surface area contributed by atoms with Crippen molar-refractivity contribution in [3.05, 3.63) is 59.7 Å². The second-order valence-corrected chi connectivity index (χ2v) is 8.85. The molecule has 1 atom stereocenters. The van der Waals surface area contributed by atoms with Gasteiger partial charge in [0.05, 0.1) is 13.2 Å². The Kier molecular flexibility index (Phi) is 5.72. The molecule has 2 heterocycles. The molecular weight excluding hydrogens is 390 g/mol. The molecule has 31 heavy (non-hydrogen) atoms. The standard InChI is InChI=1S/C25H31N3O3/c1-26-24(28-12-9-20(14-28)16-29-15-19-5-3-2-4-6-19)27-17-25(10-11-25)21-7-8-22-23(13-21)31-18-30-22/h2-8,13,20H,9-12,14-18H2,1H3,(H,26,27). The van der Waals surface area contributed by atoms with Crippen LogP contribution in [0.2, 0.25) is 0 Å². The van der Waals surface area contributed by atoms with E-state index < -0.39 is 0 Å². The Morgan fingerprint density at radius 1 is 1.16 bits per heavy atom. The number of aliphatic imine (C=N–C) groups is 1. The molecule has 0 bridgehead atoms. The number of guanidine groups is 1. The molecule has 164 valence electrons. The van der Waals surface area contributed by atoms with E-state index in [1.54, 1.807) is 0 Å². The Balaban J connectivity index is 1.11. The molecule has 1 aliphatic carbocycles. The number of hydrogen-bond acceptors (Lipinski definition) is 4. The molecule has 0 amide bonds. The van der Waals surface area contributed by atoms with Crippen LogP contribution in [0.1, 0.15) is 30.4 Å². The number of nitrogens with zero attached hydrogens (tertiary/aromatic N) is 2. The first-order valence-corrected chi connectivity index (χ1v) is 11.2. The van der Waals surface area contributed by atoms with Gasteiger partial charge in [0.25, 0.3) is 0 Å². The van der Waals surface area contributed by atoms with Crippen molar-refractivity contribution in [3.63, 3.8) is 0 Å². The first kappa shape index (κ1) is 20.2. The predicted molar refractivity (Wildman–Crippen MR) is 121 cm³/mol. The average molecular weight is 422 g/mol. The highest BCUT2D eigenvalue weighted by atomic mass is 16.7. The summed E-state index contributed by atoms with van der Waals surface area (Å²) in [6.45, 7) is 4.71. The minimum Gasteiger partial charge on any atom is -0.454 e. The van der Waals surface area contributed by atoms with Gasteiger partial charge in [0.15, 0.2) is 17.5 Å². The van der Waals surface area contributed by atoms with Crippen LogP contribution in [-0.4, -0.2) is 50.9 Å². The summed E-state index contributed by atoms with van der Waals surface area (Å²) in [5.74, 6) is 3.26. The van der Waals surface area contributed by atoms with Gasteiger partial charge in [-0.1, -0.05) is 36.4 Å². The van der Waals surface area contributed by atoms with E-state index >= 15 is 0 Å². The molecule has 6 heteroatoms. The zero-order chi connectivity index (χ0) is 21.1. The molecule has 2 fully saturated rings. The normalized spacial score (nSPS) is 21.4. The van der Waals surface area contributed by atoms with E-state index in [4.69, 9.17) is 14.2 Å². The lowest BCUT2D eigenvalue weighted by atomic mass is 9.95. The van der Waals surface area contributed by atoms with E-state index in [2.05, 4.69) is 51.6 Å². The highest BCUT2D eigenvalue weighted by molar-refractivity contribution is 5.80. The quantitative estimate of drug-likeness (QED) is 0.547. The van der Waals surface area contributed by atoms with Crippen LogP contribution < -0.4 is 14.8 Å². The zero-order valence-corrected chi connectivity index (χ0v) is 18.2. The molecule has 0 spiro atoms. The third-order valence-electron chi connectivity index (χ3n) is 6.69. The van der Waals surface area contributed by atoms with E-state index in [0.29, 0.717) is 19.3 Å². The Bertz CT molecular complexity index is 927. The first-order valence-electron chi connectivity index (χ1n) is 11.2. The van der Waals surface area contributed by atoms with E-state index in [-0.39, 0.29) is 5.41 Å². The fraction of sp³-hybridized carbons (Fsp3) is 0.480. The molecule has 1 N–H and O–H groups in total. The summed E-state index contributed by atoms with van der Waals surface area (Å²) in [6, 6.07) is 16.7. The van der Waals surface area contributed by atoms with Crippen LogP contribution in [0, 0.1) is 5.92 Å². The SMILES string of the molecule is CN=C(NCC1(c2ccc3c(c2)OCO3)CC1)N1CCC(COCc2ccccc2)C1. The smallest absolute Gasteiger partial charge is 0.231 e. The number of rotatable bonds is 7. The molecule has 0 radical (unpaired) electrons. The maximum Gasteiger partial charge on any atom is 0.231 e. The lowest BCUT2D eigenvalue weighted by molar-refractivity contribution is 0.0906. The molecule has 1 saturated carbocycles. The second-order valence-electron chi connectivity index (χ2n) is 8.85. The molecule has 3 aliphatic rings. The summed E-state index contributed by atoms with van der Waals surface area (Å²) in [6.07, 6.45) is 3.52. The molecular formula is C25H31N3O3. The van der Waals surface area contributed by atoms with Crippen LogP contribution in [-0.2, 0) is 16.8 Å². The van der Waals surface area contributed by atoms with Crippen molar-refractivity contribution in [2.24, 2.45) is 10.9 Å². The zero-order valence-electron chi connectivity index (χ0n) is 18.2. The van der Waals surface area contributed by atoms with Crippen LogP contribution in [0.25, 0.3) is 0 Å². The van der Waals surface area contributed by atoms with Gasteiger partial charge in [-0.3, -0.25) is 4.99 Å². The van der Waals surface area contributed by atoms with Gasteiger partial charge in [-0.2, -0.15) is 0 Å². The highest BCUT2D eigenvalue weighted by Gasteiger charge is 2.45. The Morgan fingerprint density at radius 2 is 2.00 bits per heavy atom. The minimum atomic E-state index is 0.175. The Labute approximate surface area is 184 Å². The Morgan fingerprint density at radius 3 is 2.81 bits per heavy atom. The third kappa shape index (κ3) is 4.49. The van der Waals surface area contributed by atoms with Crippen molar-refractivity contribution in [1.82, 2.24) is 10.2 Å². The maximum atomic E-state index is 5.97. The van der Waals surface area contributed by atoms with E-state index in [0.717, 1.165) is 50.1 Å². The topological polar surface area (TPSA) is 55.3 Å². The van der Waals surface area contributed by atoms with Crippen LogP contribution in [0.5, 0.6) is 11.5 Å². The van der Waals surface area contributed by atoms with Gasteiger partial charge in [-0.25, -0.2) is 0 Å². The fourth-order valence-electron chi connectivity index (χ4n) is 4.60. The number of hydrogen-bond donors (Lipinski definition) is 1. The van der Waals surface area contributed by atoms with Crippen molar-refractivity contribution in [2.75, 3.05) is 40.1 Å². The van der Waals surface area contributed by atoms with Gasteiger partial charge in [0.2, 0.25) is 6.79 Å². The van der Waals surface area contributed by atoms with Gasteiger partial charge in [-0.05, 0) is 42.5 Å². The predicted octanol–water partition coefficient (Wildman–Crippen LogP) is 3.56. The number of ether oxygens (including phenoxy) is 3. The second kappa shape index (κ2) is 8.79. The van der Waals surface area contributed by atoms with Crippen LogP contribution in [0.15, 0.2) is 53.5 Å². The molecule has 2 aromatic carbocycles. The van der Waals surface area contributed by atoms with Gasteiger partial charge in [-0.15, -0.1) is 0 Å². The monoisotopic (exact) mass is 421 g/mol. The lowest BCUT2D eigenvalue weighted by Gasteiger charge is -2.25. The summed E-state index contributed by atoms with van der Waals surface area (Å²) in [4.78, 5) is 6.93. The van der Waals surface area contributed by atoms with Crippen molar-refractivity contribution in [2.45, 2.75) is 31.3 Å². The molecule has 2 aromatic rings. The lowest BCUT2D eigenvalue weighted by Crippen LogP contribution is -2.43. The van der Waals surface area contributed by atoms with Crippen molar-refractivity contribution < 1.29 is 14.2 Å². The van der Waals surface area contributed by atoms with Crippen molar-refractivity contribution >= 4 is 5.96 Å². The summed E-state index contributed by atoms with van der Waals surface area (Å²) >= 11 is 0. The van der Waals surface area contributed by atoms with Crippen molar-refractivity contribution in [3.8, 4) is 11.5 Å².